The number of likely N-dealkylation sites (N-methyl/N-ethyl adjacent to an activating group) is 1. The van der Waals surface area contributed by atoms with E-state index in [9.17, 15) is 9.00 Å². The molecule has 0 bridgehead atoms. The molecule has 0 saturated carbocycles. The van der Waals surface area contributed by atoms with Crippen LogP contribution in [0, 0.1) is 0 Å². The second-order valence-corrected chi connectivity index (χ2v) is 12.4. The zero-order valence-corrected chi connectivity index (χ0v) is 23.2. The van der Waals surface area contributed by atoms with Crippen LogP contribution in [0.1, 0.15) is 24.2 Å². The minimum absolute atomic E-state index is 0.0607. The molecule has 3 heterocycles. The van der Waals surface area contributed by atoms with Gasteiger partial charge in [-0.2, -0.15) is 9.35 Å². The van der Waals surface area contributed by atoms with Gasteiger partial charge in [-0.05, 0) is 57.3 Å². The predicted molar refractivity (Wildman–Crippen MR) is 154 cm³/mol. The lowest BCUT2D eigenvalue weighted by Crippen LogP contribution is -2.44. The van der Waals surface area contributed by atoms with Crippen LogP contribution in [-0.4, -0.2) is 81.7 Å². The summed E-state index contributed by atoms with van der Waals surface area (Å²) in [5, 5.41) is 9.20. The maximum atomic E-state index is 12.9. The zero-order valence-electron chi connectivity index (χ0n) is 22.4. The minimum atomic E-state index is -2.38. The molecule has 4 rings (SSSR count). The van der Waals surface area contributed by atoms with E-state index in [4.69, 9.17) is 0 Å². The van der Waals surface area contributed by atoms with E-state index in [1.165, 1.54) is 11.9 Å². The Bertz CT molecular complexity index is 1390. The first-order valence-corrected chi connectivity index (χ1v) is 14.8. The van der Waals surface area contributed by atoms with Crippen LogP contribution < -0.4 is 20.9 Å². The van der Waals surface area contributed by atoms with E-state index in [2.05, 4.69) is 64.2 Å². The highest BCUT2D eigenvalue weighted by atomic mass is 32.2. The molecule has 1 aromatic carbocycles. The Labute approximate surface area is 224 Å². The fraction of sp³-hybridized carbons (Fsp3) is 0.385. The molecule has 1 saturated heterocycles. The number of nitrogens with one attached hydrogen (secondary N) is 3. The van der Waals surface area contributed by atoms with Gasteiger partial charge in [-0.3, -0.25) is 4.79 Å². The number of hydrogen-bond donors (Lipinski definition) is 3. The highest BCUT2D eigenvalue weighted by molar-refractivity contribution is 7.92. The van der Waals surface area contributed by atoms with Crippen molar-refractivity contribution in [1.29, 1.82) is 0 Å². The van der Waals surface area contributed by atoms with Gasteiger partial charge in [-0.1, -0.05) is 6.07 Å². The second kappa shape index (κ2) is 11.7. The topological polar surface area (TPSA) is 128 Å². The summed E-state index contributed by atoms with van der Waals surface area (Å²) >= 11 is 0. The summed E-state index contributed by atoms with van der Waals surface area (Å²) < 4.78 is 16.3. The van der Waals surface area contributed by atoms with Crippen molar-refractivity contribution >= 4 is 50.4 Å². The Kier molecular flexibility index (Phi) is 8.42. The lowest BCUT2D eigenvalue weighted by Gasteiger charge is -2.34. The van der Waals surface area contributed by atoms with Crippen LogP contribution in [0.25, 0.3) is 0 Å². The van der Waals surface area contributed by atoms with Gasteiger partial charge in [0.05, 0.1) is 0 Å². The molecule has 0 atom stereocenters. The van der Waals surface area contributed by atoms with E-state index < -0.39 is 9.73 Å². The average molecular weight is 538 g/mol. The molecule has 12 heteroatoms. The van der Waals surface area contributed by atoms with Crippen LogP contribution in [0.3, 0.4) is 0 Å². The van der Waals surface area contributed by atoms with Crippen molar-refractivity contribution < 1.29 is 9.00 Å². The van der Waals surface area contributed by atoms with Crippen LogP contribution >= 0.6 is 0 Å². The number of amides is 1. The number of carbonyl (C=O) groups excluding carboxylic acids is 1. The van der Waals surface area contributed by atoms with E-state index in [0.29, 0.717) is 17.6 Å². The number of pyridine rings is 1. The smallest absolute Gasteiger partial charge is 0.256 e. The summed E-state index contributed by atoms with van der Waals surface area (Å²) in [7, 11) is -0.236. The molecule has 1 aliphatic heterocycles. The molecule has 1 amide bonds. The molecule has 3 aromatic rings. The Morgan fingerprint density at radius 2 is 1.71 bits per heavy atom. The molecule has 0 spiro atoms. The molecule has 0 unspecified atom stereocenters. The van der Waals surface area contributed by atoms with E-state index in [0.717, 1.165) is 31.9 Å². The lowest BCUT2D eigenvalue weighted by molar-refractivity contribution is 0.0943. The van der Waals surface area contributed by atoms with Gasteiger partial charge in [-0.15, -0.1) is 0 Å². The molecule has 1 fully saturated rings. The number of aromatic nitrogens is 3. The summed E-state index contributed by atoms with van der Waals surface area (Å²) in [6.07, 6.45) is 4.57. The van der Waals surface area contributed by atoms with Crippen molar-refractivity contribution in [3.8, 4) is 0 Å². The van der Waals surface area contributed by atoms with Crippen molar-refractivity contribution in [3.63, 3.8) is 0 Å². The third kappa shape index (κ3) is 7.62. The van der Waals surface area contributed by atoms with Gasteiger partial charge >= 0.3 is 0 Å². The number of hydrogen-bond acceptors (Lipinski definition) is 10. The summed E-state index contributed by atoms with van der Waals surface area (Å²) in [6.45, 7) is 7.85. The average Bonchev–Trinajstić information content (AvgIpc) is 2.84. The van der Waals surface area contributed by atoms with E-state index in [1.807, 2.05) is 26.0 Å². The molecule has 0 aliphatic carbocycles. The fourth-order valence-corrected chi connectivity index (χ4v) is 4.44. The summed E-state index contributed by atoms with van der Waals surface area (Å²) in [4.78, 5) is 30.9. The molecule has 0 radical (unpaired) electrons. The largest absolute Gasteiger partial charge is 0.369 e. The van der Waals surface area contributed by atoms with Gasteiger partial charge < -0.3 is 25.8 Å². The Hall–Kier alpha value is -3.77. The van der Waals surface area contributed by atoms with E-state index in [-0.39, 0.29) is 23.3 Å². The Morgan fingerprint density at radius 1 is 1.00 bits per heavy atom. The normalized spacial score (nSPS) is 14.3. The molecule has 1 aliphatic rings. The number of rotatable bonds is 8. The van der Waals surface area contributed by atoms with Crippen LogP contribution in [0.4, 0.5) is 34.8 Å². The fourth-order valence-electron chi connectivity index (χ4n) is 3.88. The zero-order chi connectivity index (χ0) is 27.3. The molecule has 2 aromatic heterocycles. The second-order valence-electron chi connectivity index (χ2n) is 9.82. The number of benzene rings is 1. The van der Waals surface area contributed by atoms with Crippen LogP contribution in [0.5, 0.6) is 0 Å². The van der Waals surface area contributed by atoms with Gasteiger partial charge in [0.15, 0.2) is 5.82 Å². The van der Waals surface area contributed by atoms with Crippen LogP contribution in [0.15, 0.2) is 53.0 Å². The maximum Gasteiger partial charge on any atom is 0.256 e. The van der Waals surface area contributed by atoms with Crippen molar-refractivity contribution in [2.45, 2.75) is 19.9 Å². The summed E-state index contributed by atoms with van der Waals surface area (Å²) in [5.74, 6) is 1.04. The Morgan fingerprint density at radius 3 is 2.37 bits per heavy atom. The number of piperazine rings is 1. The van der Waals surface area contributed by atoms with Gasteiger partial charge in [0, 0.05) is 72.0 Å². The first kappa shape index (κ1) is 27.3. The molecule has 202 valence electrons. The molecular formula is C26H35N9O2S. The van der Waals surface area contributed by atoms with Crippen molar-refractivity contribution in [1.82, 2.24) is 25.2 Å². The SMILES string of the molecule is CC(C)NC(=O)c1cnc(Nc2ccc(N3CCN(C)CC3)cc2)nc1Nc1cccc(N=S(C)(C)=O)n1. The highest BCUT2D eigenvalue weighted by Crippen LogP contribution is 2.24. The minimum Gasteiger partial charge on any atom is -0.369 e. The van der Waals surface area contributed by atoms with Crippen molar-refractivity contribution in [3.05, 3.63) is 54.2 Å². The summed E-state index contributed by atoms with van der Waals surface area (Å²) in [6, 6.07) is 13.2. The van der Waals surface area contributed by atoms with Gasteiger partial charge in [0.1, 0.15) is 17.2 Å². The van der Waals surface area contributed by atoms with E-state index >= 15 is 0 Å². The molecule has 3 N–H and O–H groups in total. The Balaban J connectivity index is 1.57. The van der Waals surface area contributed by atoms with Gasteiger partial charge in [0.25, 0.3) is 5.91 Å². The standard InChI is InChI=1S/C26H35N9O2S/c1-18(2)28-25(36)21-17-27-26(29-19-9-11-20(12-10-19)35-15-13-34(3)14-16-35)32-24(21)31-22-7-6-8-23(30-22)33-38(4,5)37/h6-12,17-18H,13-16H2,1-5H3,(H,28,36)(H2,27,29,30,31,32). The van der Waals surface area contributed by atoms with E-state index in [1.54, 1.807) is 30.7 Å². The van der Waals surface area contributed by atoms with Crippen LogP contribution in [0.2, 0.25) is 0 Å². The summed E-state index contributed by atoms with van der Waals surface area (Å²) in [5.41, 5.74) is 2.27. The predicted octanol–water partition coefficient (Wildman–Crippen LogP) is 3.61. The van der Waals surface area contributed by atoms with Gasteiger partial charge in [-0.25, -0.2) is 14.2 Å². The number of anilines is 5. The molecule has 38 heavy (non-hydrogen) atoms. The number of carbonyl (C=O) groups is 1. The monoisotopic (exact) mass is 537 g/mol. The molecule has 11 nitrogen and oxygen atoms in total. The molecular weight excluding hydrogens is 502 g/mol. The first-order valence-electron chi connectivity index (χ1n) is 12.5. The highest BCUT2D eigenvalue weighted by Gasteiger charge is 2.18. The van der Waals surface area contributed by atoms with Gasteiger partial charge in [0.2, 0.25) is 5.95 Å². The van der Waals surface area contributed by atoms with Crippen molar-refractivity contribution in [2.75, 3.05) is 61.3 Å². The third-order valence-corrected chi connectivity index (χ3v) is 6.37. The van der Waals surface area contributed by atoms with Crippen molar-refractivity contribution in [2.24, 2.45) is 4.36 Å². The maximum absolute atomic E-state index is 12.9. The quantitative estimate of drug-likeness (QED) is 0.395. The van der Waals surface area contributed by atoms with Crippen LogP contribution in [-0.2, 0) is 9.73 Å². The lowest BCUT2D eigenvalue weighted by atomic mass is 10.2. The number of nitrogens with zero attached hydrogens (tertiary/aromatic N) is 6. The third-order valence-electron chi connectivity index (χ3n) is 5.74. The first-order chi connectivity index (χ1) is 18.1.